The van der Waals surface area contributed by atoms with Gasteiger partial charge in [0.05, 0.1) is 5.69 Å². The summed E-state index contributed by atoms with van der Waals surface area (Å²) in [6.07, 6.45) is 0.214. The van der Waals surface area contributed by atoms with Crippen LogP contribution in [0, 0.1) is 11.7 Å². The number of carbonyl (C=O) groups excluding carboxylic acids is 1. The number of phenolic OH excluding ortho intramolecular Hbond substituents is 1. The Kier molecular flexibility index (Phi) is 2.78. The van der Waals surface area contributed by atoms with Crippen LogP contribution in [0.4, 0.5) is 10.1 Å². The van der Waals surface area contributed by atoms with Crippen molar-refractivity contribution < 1.29 is 19.4 Å². The molecule has 0 radical (unpaired) electrons. The second kappa shape index (κ2) is 4.09. The smallest absolute Gasteiger partial charge is 0.227 e. The minimum absolute atomic E-state index is 0.0703. The van der Waals surface area contributed by atoms with E-state index in [1.165, 1.54) is 17.0 Å². The quantitative estimate of drug-likeness (QED) is 0.785. The summed E-state index contributed by atoms with van der Waals surface area (Å²) in [4.78, 5) is 12.8. The molecule has 0 aliphatic carbocycles. The number of aromatic hydroxyl groups is 1. The van der Waals surface area contributed by atoms with Gasteiger partial charge in [-0.3, -0.25) is 4.79 Å². The van der Waals surface area contributed by atoms with Gasteiger partial charge in [-0.25, -0.2) is 4.39 Å². The molecule has 2 N–H and O–H groups in total. The van der Waals surface area contributed by atoms with Crippen molar-refractivity contribution in [3.63, 3.8) is 0 Å². The second-order valence-electron chi connectivity index (χ2n) is 3.89. The molecule has 0 bridgehead atoms. The summed E-state index contributed by atoms with van der Waals surface area (Å²) >= 11 is 0. The van der Waals surface area contributed by atoms with Crippen LogP contribution in [0.15, 0.2) is 18.2 Å². The number of benzene rings is 1. The minimum atomic E-state index is -0.551. The molecular weight excluding hydrogens is 213 g/mol. The SMILES string of the molecule is O=C1CC(CO)CN1c1cc(O)ccc1F. The van der Waals surface area contributed by atoms with E-state index < -0.39 is 5.82 Å². The molecule has 1 unspecified atom stereocenters. The highest BCUT2D eigenvalue weighted by atomic mass is 19.1. The van der Waals surface area contributed by atoms with Gasteiger partial charge in [-0.05, 0) is 12.1 Å². The van der Waals surface area contributed by atoms with Crippen LogP contribution in [0.3, 0.4) is 0 Å². The van der Waals surface area contributed by atoms with Gasteiger partial charge < -0.3 is 15.1 Å². The Morgan fingerprint density at radius 3 is 2.88 bits per heavy atom. The third-order valence-corrected chi connectivity index (χ3v) is 2.68. The number of carbonyl (C=O) groups is 1. The van der Waals surface area contributed by atoms with E-state index in [4.69, 9.17) is 5.11 Å². The van der Waals surface area contributed by atoms with Gasteiger partial charge >= 0.3 is 0 Å². The van der Waals surface area contributed by atoms with Crippen molar-refractivity contribution in [1.82, 2.24) is 0 Å². The summed E-state index contributed by atoms with van der Waals surface area (Å²) in [6.45, 7) is 0.193. The van der Waals surface area contributed by atoms with Crippen LogP contribution >= 0.6 is 0 Å². The zero-order chi connectivity index (χ0) is 11.7. The molecule has 5 heteroatoms. The van der Waals surface area contributed by atoms with E-state index in [0.29, 0.717) is 0 Å². The van der Waals surface area contributed by atoms with E-state index in [-0.39, 0.29) is 42.8 Å². The summed E-state index contributed by atoms with van der Waals surface area (Å²) in [7, 11) is 0. The third-order valence-electron chi connectivity index (χ3n) is 2.68. The van der Waals surface area contributed by atoms with Crippen molar-refractivity contribution in [3.05, 3.63) is 24.0 Å². The van der Waals surface area contributed by atoms with E-state index in [9.17, 15) is 14.3 Å². The lowest BCUT2D eigenvalue weighted by Crippen LogP contribution is -2.25. The van der Waals surface area contributed by atoms with E-state index >= 15 is 0 Å². The molecule has 1 atom stereocenters. The molecule has 1 aliphatic rings. The molecule has 0 spiro atoms. The number of aliphatic hydroxyl groups is 1. The Morgan fingerprint density at radius 2 is 2.25 bits per heavy atom. The van der Waals surface area contributed by atoms with E-state index in [1.807, 2.05) is 0 Å². The van der Waals surface area contributed by atoms with Gasteiger partial charge in [-0.15, -0.1) is 0 Å². The average molecular weight is 225 g/mol. The standard InChI is InChI=1S/C11H12FNO3/c12-9-2-1-8(15)4-10(9)13-5-7(6-14)3-11(13)16/h1-2,4,7,14-15H,3,5-6H2. The summed E-state index contributed by atoms with van der Waals surface area (Å²) in [5.41, 5.74) is 0.0703. The molecule has 1 saturated heterocycles. The maximum Gasteiger partial charge on any atom is 0.227 e. The number of rotatable bonds is 2. The Balaban J connectivity index is 2.30. The highest BCUT2D eigenvalue weighted by molar-refractivity contribution is 5.96. The first-order valence-electron chi connectivity index (χ1n) is 5.01. The minimum Gasteiger partial charge on any atom is -0.508 e. The molecule has 1 aromatic carbocycles. The van der Waals surface area contributed by atoms with Gasteiger partial charge in [-0.1, -0.05) is 0 Å². The fourth-order valence-electron chi connectivity index (χ4n) is 1.84. The number of aliphatic hydroxyl groups excluding tert-OH is 1. The van der Waals surface area contributed by atoms with Crippen molar-refractivity contribution in [2.75, 3.05) is 18.1 Å². The molecule has 16 heavy (non-hydrogen) atoms. The first-order valence-corrected chi connectivity index (χ1v) is 5.01. The Hall–Kier alpha value is -1.62. The largest absolute Gasteiger partial charge is 0.508 e. The predicted octanol–water partition coefficient (Wildman–Crippen LogP) is 0.876. The zero-order valence-corrected chi connectivity index (χ0v) is 8.56. The second-order valence-corrected chi connectivity index (χ2v) is 3.89. The lowest BCUT2D eigenvalue weighted by atomic mass is 10.1. The Bertz CT molecular complexity index is 422. The number of amides is 1. The maximum absolute atomic E-state index is 13.5. The Morgan fingerprint density at radius 1 is 1.50 bits per heavy atom. The molecule has 0 saturated carbocycles. The molecule has 1 aromatic rings. The van der Waals surface area contributed by atoms with Crippen molar-refractivity contribution in [2.45, 2.75) is 6.42 Å². The van der Waals surface area contributed by atoms with E-state index in [2.05, 4.69) is 0 Å². The summed E-state index contributed by atoms with van der Waals surface area (Å²) in [6, 6.07) is 3.56. The fourth-order valence-corrected chi connectivity index (χ4v) is 1.84. The van der Waals surface area contributed by atoms with E-state index in [1.54, 1.807) is 0 Å². The third kappa shape index (κ3) is 1.86. The number of nitrogens with zero attached hydrogens (tertiary/aromatic N) is 1. The highest BCUT2D eigenvalue weighted by Crippen LogP contribution is 2.29. The summed E-state index contributed by atoms with van der Waals surface area (Å²) < 4.78 is 13.5. The van der Waals surface area contributed by atoms with Gasteiger partial charge in [0, 0.05) is 31.6 Å². The number of halogens is 1. The van der Waals surface area contributed by atoms with Crippen LogP contribution < -0.4 is 4.90 Å². The molecule has 86 valence electrons. The van der Waals surface area contributed by atoms with Crippen LogP contribution in [0.2, 0.25) is 0 Å². The lowest BCUT2D eigenvalue weighted by molar-refractivity contribution is -0.117. The van der Waals surface area contributed by atoms with Crippen LogP contribution in [-0.2, 0) is 4.79 Å². The molecule has 1 fully saturated rings. The molecule has 4 nitrogen and oxygen atoms in total. The summed E-state index contributed by atoms with van der Waals surface area (Å²) in [5.74, 6) is -1.03. The summed E-state index contributed by atoms with van der Waals surface area (Å²) in [5, 5.41) is 18.2. The van der Waals surface area contributed by atoms with Crippen LogP contribution in [0.5, 0.6) is 5.75 Å². The highest BCUT2D eigenvalue weighted by Gasteiger charge is 2.31. The van der Waals surface area contributed by atoms with Gasteiger partial charge in [0.15, 0.2) is 0 Å². The van der Waals surface area contributed by atoms with Crippen LogP contribution in [0.1, 0.15) is 6.42 Å². The first kappa shape index (κ1) is 10.9. The average Bonchev–Trinajstić information content (AvgIpc) is 2.63. The first-order chi connectivity index (χ1) is 7.61. The number of phenols is 1. The van der Waals surface area contributed by atoms with Gasteiger partial charge in [0.1, 0.15) is 11.6 Å². The maximum atomic E-state index is 13.5. The van der Waals surface area contributed by atoms with Gasteiger partial charge in [0.25, 0.3) is 0 Å². The molecule has 1 amide bonds. The predicted molar refractivity (Wildman–Crippen MR) is 55.6 cm³/mol. The monoisotopic (exact) mass is 225 g/mol. The van der Waals surface area contributed by atoms with Crippen molar-refractivity contribution >= 4 is 11.6 Å². The fraction of sp³-hybridized carbons (Fsp3) is 0.364. The van der Waals surface area contributed by atoms with Gasteiger partial charge in [-0.2, -0.15) is 0 Å². The van der Waals surface area contributed by atoms with E-state index in [0.717, 1.165) is 6.07 Å². The Labute approximate surface area is 91.9 Å². The van der Waals surface area contributed by atoms with Gasteiger partial charge in [0.2, 0.25) is 5.91 Å². The normalized spacial score (nSPS) is 20.5. The topological polar surface area (TPSA) is 60.8 Å². The molecule has 0 aromatic heterocycles. The lowest BCUT2D eigenvalue weighted by Gasteiger charge is -2.17. The molecule has 1 aliphatic heterocycles. The number of hydrogen-bond acceptors (Lipinski definition) is 3. The molecular formula is C11H12FNO3. The van der Waals surface area contributed by atoms with Crippen molar-refractivity contribution in [1.29, 1.82) is 0 Å². The number of anilines is 1. The molecule has 2 rings (SSSR count). The van der Waals surface area contributed by atoms with Crippen molar-refractivity contribution in [3.8, 4) is 5.75 Å². The zero-order valence-electron chi connectivity index (χ0n) is 8.56. The molecule has 1 heterocycles. The van der Waals surface area contributed by atoms with Crippen LogP contribution in [0.25, 0.3) is 0 Å². The van der Waals surface area contributed by atoms with Crippen molar-refractivity contribution in [2.24, 2.45) is 5.92 Å². The number of hydrogen-bond donors (Lipinski definition) is 2. The van der Waals surface area contributed by atoms with Crippen LogP contribution in [-0.4, -0.2) is 29.3 Å².